The van der Waals surface area contributed by atoms with Crippen LogP contribution in [0.25, 0.3) is 0 Å². The van der Waals surface area contributed by atoms with E-state index in [1.165, 1.54) is 0 Å². The number of hydrogen-bond acceptors (Lipinski definition) is 2. The van der Waals surface area contributed by atoms with E-state index >= 15 is 0 Å². The third-order valence-electron chi connectivity index (χ3n) is 0.990. The van der Waals surface area contributed by atoms with Gasteiger partial charge < -0.3 is 0 Å². The molecule has 0 atom stereocenters. The molecule has 0 unspecified atom stereocenters. The largest absolute Gasteiger partial charge is 0.230 e. The highest BCUT2D eigenvalue weighted by atomic mass is 35.5. The van der Waals surface area contributed by atoms with Gasteiger partial charge in [-0.2, -0.15) is 0 Å². The lowest BCUT2D eigenvalue weighted by atomic mass is 11.0. The lowest BCUT2D eigenvalue weighted by Crippen LogP contribution is -1.96. The van der Waals surface area contributed by atoms with Crippen LogP contribution < -0.4 is 0 Å². The maximum absolute atomic E-state index is 9.99. The molecule has 42 valence electrons. The zero-order chi connectivity index (χ0) is 5.49. The summed E-state index contributed by atoms with van der Waals surface area (Å²) in [4.78, 5) is 0. The Morgan fingerprint density at radius 3 is 1.86 bits per heavy atom. The van der Waals surface area contributed by atoms with Crippen LogP contribution in [0.2, 0.25) is 0 Å². The summed E-state index contributed by atoms with van der Waals surface area (Å²) < 4.78 is 19.2. The zero-order valence-corrected chi connectivity index (χ0v) is 5.21. The molecule has 0 N–H and O–H groups in total. The molecule has 1 rings (SSSR count). The minimum Gasteiger partial charge on any atom is -0.230 e. The van der Waals surface area contributed by atoms with Crippen molar-refractivity contribution in [3.05, 3.63) is 0 Å². The maximum Gasteiger partial charge on any atom is 0.159 e. The van der Waals surface area contributed by atoms with Gasteiger partial charge in [0.1, 0.15) is 4.21 Å². The monoisotopic (exact) mass is 140 g/mol. The second kappa shape index (κ2) is 1.36. The van der Waals surface area contributed by atoms with E-state index in [4.69, 9.17) is 11.6 Å². The first-order valence-electron chi connectivity index (χ1n) is 1.98. The number of rotatable bonds is 1. The van der Waals surface area contributed by atoms with Crippen molar-refractivity contribution in [2.45, 2.75) is 17.0 Å². The van der Waals surface area contributed by atoms with Crippen LogP contribution in [-0.4, -0.2) is 12.6 Å². The minimum atomic E-state index is -2.36. The first-order valence-corrected chi connectivity index (χ1v) is 3.54. The molecule has 0 aliphatic heterocycles. The molecule has 0 bridgehead atoms. The predicted octanol–water partition coefficient (Wildman–Crippen LogP) is 0.327. The highest BCUT2D eigenvalue weighted by Crippen LogP contribution is 2.42. The van der Waals surface area contributed by atoms with E-state index in [-0.39, 0.29) is 0 Å². The molecule has 1 aliphatic rings. The van der Waals surface area contributed by atoms with Gasteiger partial charge in [0, 0.05) is 0 Å². The SMILES string of the molecule is O=[SH](=O)C1(Cl)CC1. The van der Waals surface area contributed by atoms with Gasteiger partial charge in [0.25, 0.3) is 0 Å². The molecule has 1 fully saturated rings. The van der Waals surface area contributed by atoms with E-state index in [1.807, 2.05) is 0 Å². The molecule has 0 amide bonds. The Balaban J connectivity index is 2.73. The normalized spacial score (nSPS) is 25.4. The second-order valence-electron chi connectivity index (χ2n) is 1.68. The molecule has 0 aromatic heterocycles. The molecule has 0 saturated heterocycles. The fraction of sp³-hybridized carbons (Fsp3) is 1.00. The maximum atomic E-state index is 9.99. The number of alkyl halides is 1. The van der Waals surface area contributed by atoms with Gasteiger partial charge >= 0.3 is 0 Å². The zero-order valence-electron chi connectivity index (χ0n) is 3.56. The Morgan fingerprint density at radius 1 is 1.43 bits per heavy atom. The number of halogens is 1. The van der Waals surface area contributed by atoms with E-state index in [1.54, 1.807) is 0 Å². The smallest absolute Gasteiger partial charge is 0.159 e. The van der Waals surface area contributed by atoms with Gasteiger partial charge in [-0.3, -0.25) is 0 Å². The lowest BCUT2D eigenvalue weighted by Gasteiger charge is -1.85. The average Bonchev–Trinajstić information content (AvgIpc) is 2.21. The van der Waals surface area contributed by atoms with Crippen LogP contribution in [0.1, 0.15) is 12.8 Å². The van der Waals surface area contributed by atoms with E-state index in [0.717, 1.165) is 0 Å². The van der Waals surface area contributed by atoms with E-state index in [0.29, 0.717) is 12.8 Å². The molecule has 4 heteroatoms. The van der Waals surface area contributed by atoms with Crippen molar-refractivity contribution in [3.63, 3.8) is 0 Å². The van der Waals surface area contributed by atoms with Gasteiger partial charge in [-0.25, -0.2) is 8.42 Å². The molecule has 0 aromatic rings. The van der Waals surface area contributed by atoms with Gasteiger partial charge in [0.2, 0.25) is 0 Å². The summed E-state index contributed by atoms with van der Waals surface area (Å²) in [6.45, 7) is 0. The molecule has 0 aromatic carbocycles. The van der Waals surface area contributed by atoms with E-state index in [2.05, 4.69) is 0 Å². The molecule has 7 heavy (non-hydrogen) atoms. The van der Waals surface area contributed by atoms with Crippen molar-refractivity contribution in [3.8, 4) is 0 Å². The summed E-state index contributed by atoms with van der Waals surface area (Å²) in [6.07, 6.45) is 1.26. The fourth-order valence-corrected chi connectivity index (χ4v) is 0.857. The highest BCUT2D eigenvalue weighted by molar-refractivity contribution is 7.76. The molecular formula is C3H5ClO2S. The van der Waals surface area contributed by atoms with E-state index < -0.39 is 14.9 Å². The summed E-state index contributed by atoms with van der Waals surface area (Å²) in [5.74, 6) is 0. The van der Waals surface area contributed by atoms with Crippen LogP contribution in [0.3, 0.4) is 0 Å². The van der Waals surface area contributed by atoms with Crippen LogP contribution in [0.5, 0.6) is 0 Å². The molecule has 0 radical (unpaired) electrons. The predicted molar refractivity (Wildman–Crippen MR) is 28.1 cm³/mol. The Hall–Kier alpha value is 0.240. The lowest BCUT2D eigenvalue weighted by molar-refractivity contribution is 0.610. The molecule has 1 saturated carbocycles. The van der Waals surface area contributed by atoms with Crippen LogP contribution in [0.15, 0.2) is 0 Å². The highest BCUT2D eigenvalue weighted by Gasteiger charge is 2.44. The second-order valence-corrected chi connectivity index (χ2v) is 4.03. The summed E-state index contributed by atoms with van der Waals surface area (Å²) in [6, 6.07) is 0. The standard InChI is InChI=1S/C3H5ClO2S/c4-3(1-2-3)7(5)6/h7H,1-2H2. The van der Waals surface area contributed by atoms with Crippen molar-refractivity contribution >= 4 is 22.3 Å². The molecule has 2 nitrogen and oxygen atoms in total. The van der Waals surface area contributed by atoms with Crippen molar-refractivity contribution in [1.82, 2.24) is 0 Å². The third-order valence-corrected chi connectivity index (χ3v) is 2.88. The van der Waals surface area contributed by atoms with Gasteiger partial charge in [-0.05, 0) is 12.8 Å². The number of thiol groups is 1. The van der Waals surface area contributed by atoms with Crippen LogP contribution in [-0.2, 0) is 10.7 Å². The average molecular weight is 141 g/mol. The summed E-state index contributed by atoms with van der Waals surface area (Å²) in [5, 5.41) is 0. The molecule has 0 heterocycles. The topological polar surface area (TPSA) is 34.1 Å². The first kappa shape index (κ1) is 5.38. The van der Waals surface area contributed by atoms with Crippen molar-refractivity contribution in [2.24, 2.45) is 0 Å². The fourth-order valence-electron chi connectivity index (χ4n) is 0.286. The first-order chi connectivity index (χ1) is 3.15. The van der Waals surface area contributed by atoms with Gasteiger partial charge in [-0.1, -0.05) is 0 Å². The summed E-state index contributed by atoms with van der Waals surface area (Å²) in [5.41, 5.74) is 0. The Bertz CT molecular complexity index is 139. The van der Waals surface area contributed by atoms with Gasteiger partial charge in [-0.15, -0.1) is 11.6 Å². The Morgan fingerprint density at radius 2 is 1.86 bits per heavy atom. The Labute approximate surface area is 48.4 Å². The Kier molecular flexibility index (Phi) is 1.04. The van der Waals surface area contributed by atoms with Crippen LogP contribution in [0.4, 0.5) is 0 Å². The summed E-state index contributed by atoms with van der Waals surface area (Å²) >= 11 is 5.38. The molecule has 0 spiro atoms. The molecular weight excluding hydrogens is 136 g/mol. The van der Waals surface area contributed by atoms with Gasteiger partial charge in [0.05, 0.1) is 0 Å². The summed E-state index contributed by atoms with van der Waals surface area (Å²) in [7, 11) is -2.36. The third kappa shape index (κ3) is 0.888. The van der Waals surface area contributed by atoms with Crippen molar-refractivity contribution in [2.75, 3.05) is 0 Å². The van der Waals surface area contributed by atoms with E-state index in [9.17, 15) is 8.42 Å². The number of hydrogen-bond donors (Lipinski definition) is 1. The quantitative estimate of drug-likeness (QED) is 0.421. The molecule has 1 aliphatic carbocycles. The van der Waals surface area contributed by atoms with Crippen LogP contribution >= 0.6 is 11.6 Å². The van der Waals surface area contributed by atoms with Crippen LogP contribution in [0, 0.1) is 0 Å². The minimum absolute atomic E-state index is 0.632. The van der Waals surface area contributed by atoms with Gasteiger partial charge in [0.15, 0.2) is 10.7 Å². The van der Waals surface area contributed by atoms with Crippen molar-refractivity contribution < 1.29 is 8.42 Å². The van der Waals surface area contributed by atoms with Crippen molar-refractivity contribution in [1.29, 1.82) is 0 Å².